The number of nitrogen functional groups attached to an aromatic ring is 1. The number of nitrogens with two attached hydrogens (primary N) is 1. The third-order valence-electron chi connectivity index (χ3n) is 3.33. The topological polar surface area (TPSA) is 46.3 Å². The van der Waals surface area contributed by atoms with Gasteiger partial charge in [0.1, 0.15) is 0 Å². The van der Waals surface area contributed by atoms with E-state index in [-0.39, 0.29) is 5.91 Å². The van der Waals surface area contributed by atoms with Gasteiger partial charge in [-0.3, -0.25) is 4.79 Å². The molecule has 0 aliphatic heterocycles. The molecule has 0 saturated heterocycles. The second-order valence-corrected chi connectivity index (χ2v) is 5.39. The minimum absolute atomic E-state index is 0.0941. The van der Waals surface area contributed by atoms with Gasteiger partial charge in [-0.25, -0.2) is 0 Å². The van der Waals surface area contributed by atoms with Crippen molar-refractivity contribution >= 4 is 23.2 Å². The van der Waals surface area contributed by atoms with Crippen LogP contribution >= 0.6 is 11.6 Å². The molecule has 0 aliphatic rings. The van der Waals surface area contributed by atoms with Gasteiger partial charge in [-0.15, -0.1) is 0 Å². The van der Waals surface area contributed by atoms with E-state index >= 15 is 0 Å². The van der Waals surface area contributed by atoms with Crippen molar-refractivity contribution in [1.82, 2.24) is 4.90 Å². The molecule has 0 radical (unpaired) electrons. The van der Waals surface area contributed by atoms with Crippen molar-refractivity contribution in [1.29, 1.82) is 0 Å². The van der Waals surface area contributed by atoms with E-state index < -0.39 is 0 Å². The molecule has 0 saturated carbocycles. The van der Waals surface area contributed by atoms with Crippen molar-refractivity contribution in [2.24, 2.45) is 0 Å². The van der Waals surface area contributed by atoms with Gasteiger partial charge >= 0.3 is 0 Å². The molecule has 2 aromatic rings. The number of anilines is 1. The van der Waals surface area contributed by atoms with Crippen LogP contribution in [0.4, 0.5) is 5.69 Å². The van der Waals surface area contributed by atoms with Crippen molar-refractivity contribution in [2.45, 2.75) is 19.9 Å². The fourth-order valence-corrected chi connectivity index (χ4v) is 2.37. The lowest BCUT2D eigenvalue weighted by atomic mass is 10.1. The number of halogens is 1. The third-order valence-corrected chi connectivity index (χ3v) is 3.57. The maximum atomic E-state index is 12.4. The molecule has 1 amide bonds. The van der Waals surface area contributed by atoms with Gasteiger partial charge in [-0.1, -0.05) is 35.9 Å². The molecular weight excluding hydrogens is 284 g/mol. The van der Waals surface area contributed by atoms with Crippen molar-refractivity contribution in [2.75, 3.05) is 12.3 Å². The van der Waals surface area contributed by atoms with Crippen molar-refractivity contribution in [3.8, 4) is 0 Å². The standard InChI is InChI=1S/C17H19ClN2O/c1-2-20(12-13-6-8-16(19)9-7-13)17(21)11-14-4-3-5-15(18)10-14/h3-10H,2,11-12,19H2,1H3. The lowest BCUT2D eigenvalue weighted by molar-refractivity contribution is -0.130. The molecule has 0 fully saturated rings. The van der Waals surface area contributed by atoms with Crippen LogP contribution in [0.2, 0.25) is 5.02 Å². The molecule has 21 heavy (non-hydrogen) atoms. The third kappa shape index (κ3) is 4.50. The predicted octanol–water partition coefficient (Wildman–Crippen LogP) is 3.51. The Morgan fingerprint density at radius 1 is 1.14 bits per heavy atom. The highest BCUT2D eigenvalue weighted by atomic mass is 35.5. The van der Waals surface area contributed by atoms with Gasteiger partial charge in [0.15, 0.2) is 0 Å². The van der Waals surface area contributed by atoms with Crippen LogP contribution < -0.4 is 5.73 Å². The molecule has 110 valence electrons. The Kier molecular flexibility index (Phi) is 5.23. The zero-order valence-corrected chi connectivity index (χ0v) is 12.8. The van der Waals surface area contributed by atoms with E-state index in [0.29, 0.717) is 24.5 Å². The molecule has 0 heterocycles. The minimum atomic E-state index is 0.0941. The van der Waals surface area contributed by atoms with E-state index in [1.165, 1.54) is 0 Å². The number of likely N-dealkylation sites (N-methyl/N-ethyl adjacent to an activating group) is 1. The highest BCUT2D eigenvalue weighted by Crippen LogP contribution is 2.14. The summed E-state index contributed by atoms with van der Waals surface area (Å²) in [5.41, 5.74) is 8.41. The van der Waals surface area contributed by atoms with E-state index in [9.17, 15) is 4.79 Å². The number of hydrogen-bond donors (Lipinski definition) is 1. The Hall–Kier alpha value is -2.00. The smallest absolute Gasteiger partial charge is 0.227 e. The summed E-state index contributed by atoms with van der Waals surface area (Å²) in [6, 6.07) is 15.0. The summed E-state index contributed by atoms with van der Waals surface area (Å²) in [6.45, 7) is 3.24. The molecule has 0 atom stereocenters. The summed E-state index contributed by atoms with van der Waals surface area (Å²) in [6.07, 6.45) is 0.364. The summed E-state index contributed by atoms with van der Waals surface area (Å²) in [5, 5.41) is 0.655. The second kappa shape index (κ2) is 7.14. The Morgan fingerprint density at radius 2 is 1.86 bits per heavy atom. The predicted molar refractivity (Wildman–Crippen MR) is 87.1 cm³/mol. The quantitative estimate of drug-likeness (QED) is 0.859. The average molecular weight is 303 g/mol. The molecule has 0 bridgehead atoms. The number of carbonyl (C=O) groups is 1. The molecular formula is C17H19ClN2O. The maximum Gasteiger partial charge on any atom is 0.227 e. The Morgan fingerprint density at radius 3 is 2.48 bits per heavy atom. The van der Waals surface area contributed by atoms with Crippen LogP contribution in [-0.2, 0) is 17.8 Å². The minimum Gasteiger partial charge on any atom is -0.399 e. The first-order chi connectivity index (χ1) is 10.1. The normalized spacial score (nSPS) is 10.4. The van der Waals surface area contributed by atoms with Gasteiger partial charge in [0.05, 0.1) is 6.42 Å². The van der Waals surface area contributed by atoms with E-state index in [2.05, 4.69) is 0 Å². The summed E-state index contributed by atoms with van der Waals surface area (Å²) in [5.74, 6) is 0.0941. The van der Waals surface area contributed by atoms with Crippen molar-refractivity contribution in [3.05, 3.63) is 64.7 Å². The SMILES string of the molecule is CCN(Cc1ccc(N)cc1)C(=O)Cc1cccc(Cl)c1. The van der Waals surface area contributed by atoms with Crippen LogP contribution in [0, 0.1) is 0 Å². The molecule has 2 N–H and O–H groups in total. The van der Waals surface area contributed by atoms with Gasteiger partial charge in [0, 0.05) is 23.8 Å². The first kappa shape index (κ1) is 15.4. The van der Waals surface area contributed by atoms with Crippen molar-refractivity contribution in [3.63, 3.8) is 0 Å². The average Bonchev–Trinajstić information content (AvgIpc) is 2.46. The fraction of sp³-hybridized carbons (Fsp3) is 0.235. The molecule has 0 unspecified atom stereocenters. The molecule has 4 heteroatoms. The Bertz CT molecular complexity index is 610. The van der Waals surface area contributed by atoms with Crippen molar-refractivity contribution < 1.29 is 4.79 Å². The first-order valence-corrected chi connectivity index (χ1v) is 7.33. The van der Waals surface area contributed by atoms with E-state index in [1.807, 2.05) is 60.4 Å². The largest absolute Gasteiger partial charge is 0.399 e. The lowest BCUT2D eigenvalue weighted by Crippen LogP contribution is -2.31. The molecule has 0 spiro atoms. The second-order valence-electron chi connectivity index (χ2n) is 4.96. The van der Waals surface area contributed by atoms with Gasteiger partial charge in [-0.2, -0.15) is 0 Å². The lowest BCUT2D eigenvalue weighted by Gasteiger charge is -2.21. The molecule has 0 aliphatic carbocycles. The first-order valence-electron chi connectivity index (χ1n) is 6.95. The zero-order valence-electron chi connectivity index (χ0n) is 12.1. The number of carbonyl (C=O) groups excluding carboxylic acids is 1. The van der Waals surface area contributed by atoms with Crippen LogP contribution in [-0.4, -0.2) is 17.4 Å². The molecule has 2 rings (SSSR count). The zero-order chi connectivity index (χ0) is 15.2. The van der Waals surface area contributed by atoms with E-state index in [1.54, 1.807) is 0 Å². The van der Waals surface area contributed by atoms with Crippen LogP contribution in [0.15, 0.2) is 48.5 Å². The highest BCUT2D eigenvalue weighted by Gasteiger charge is 2.13. The van der Waals surface area contributed by atoms with E-state index in [0.717, 1.165) is 16.8 Å². The summed E-state index contributed by atoms with van der Waals surface area (Å²) in [4.78, 5) is 14.2. The summed E-state index contributed by atoms with van der Waals surface area (Å²) < 4.78 is 0. The Balaban J connectivity index is 2.03. The number of hydrogen-bond acceptors (Lipinski definition) is 2. The van der Waals surface area contributed by atoms with Gasteiger partial charge in [0.2, 0.25) is 5.91 Å². The monoisotopic (exact) mass is 302 g/mol. The van der Waals surface area contributed by atoms with Gasteiger partial charge < -0.3 is 10.6 Å². The van der Waals surface area contributed by atoms with Crippen LogP contribution in [0.25, 0.3) is 0 Å². The van der Waals surface area contributed by atoms with E-state index in [4.69, 9.17) is 17.3 Å². The van der Waals surface area contributed by atoms with Crippen LogP contribution in [0.1, 0.15) is 18.1 Å². The molecule has 2 aromatic carbocycles. The highest BCUT2D eigenvalue weighted by molar-refractivity contribution is 6.30. The fourth-order valence-electron chi connectivity index (χ4n) is 2.15. The number of benzene rings is 2. The van der Waals surface area contributed by atoms with Crippen LogP contribution in [0.5, 0.6) is 0 Å². The number of amides is 1. The molecule has 0 aromatic heterocycles. The number of rotatable bonds is 5. The van der Waals surface area contributed by atoms with Gasteiger partial charge in [0.25, 0.3) is 0 Å². The van der Waals surface area contributed by atoms with Gasteiger partial charge in [-0.05, 0) is 42.3 Å². The number of nitrogens with zero attached hydrogens (tertiary/aromatic N) is 1. The van der Waals surface area contributed by atoms with Crippen LogP contribution in [0.3, 0.4) is 0 Å². The molecule has 3 nitrogen and oxygen atoms in total. The summed E-state index contributed by atoms with van der Waals surface area (Å²) >= 11 is 5.95. The Labute approximate surface area is 130 Å². The summed E-state index contributed by atoms with van der Waals surface area (Å²) in [7, 11) is 0. The maximum absolute atomic E-state index is 12.4.